The van der Waals surface area contributed by atoms with Gasteiger partial charge in [-0.25, -0.2) is 0 Å². The molecule has 0 spiro atoms. The van der Waals surface area contributed by atoms with Gasteiger partial charge < -0.3 is 4.57 Å². The minimum absolute atomic E-state index is 0.170. The van der Waals surface area contributed by atoms with Crippen LogP contribution in [0.3, 0.4) is 0 Å². The van der Waals surface area contributed by atoms with Crippen LogP contribution >= 0.6 is 11.6 Å². The van der Waals surface area contributed by atoms with Gasteiger partial charge in [0.1, 0.15) is 0 Å². The lowest BCUT2D eigenvalue weighted by Crippen LogP contribution is -2.35. The molecule has 1 aliphatic rings. The highest BCUT2D eigenvalue weighted by Crippen LogP contribution is 2.31. The van der Waals surface area contributed by atoms with Crippen molar-refractivity contribution in [2.24, 2.45) is 7.05 Å². The number of carbonyl (C=O) groups excluding carboxylic acids is 3. The van der Waals surface area contributed by atoms with E-state index in [-0.39, 0.29) is 17.9 Å². The van der Waals surface area contributed by atoms with E-state index in [1.54, 1.807) is 42.1 Å². The first-order valence-electron chi connectivity index (χ1n) is 6.29. The zero-order valence-electron chi connectivity index (χ0n) is 11.2. The molecule has 0 N–H and O–H groups in total. The molecule has 0 unspecified atom stereocenters. The van der Waals surface area contributed by atoms with E-state index in [0.29, 0.717) is 16.4 Å². The Labute approximate surface area is 125 Å². The van der Waals surface area contributed by atoms with Crippen molar-refractivity contribution < 1.29 is 14.4 Å². The van der Waals surface area contributed by atoms with Gasteiger partial charge in [0, 0.05) is 18.3 Å². The number of amides is 1. The standard InChI is InChI=1S/C15H11ClN2O3/c1-17-6-2-3-12(17)13(19)8-18-11-5-4-9(16)7-10(11)14(20)15(18)21/h2-7H,8H2,1H3. The highest BCUT2D eigenvalue weighted by molar-refractivity contribution is 6.53. The highest BCUT2D eigenvalue weighted by Gasteiger charge is 2.37. The molecule has 0 fully saturated rings. The van der Waals surface area contributed by atoms with Crippen LogP contribution in [0.15, 0.2) is 36.5 Å². The number of benzene rings is 1. The van der Waals surface area contributed by atoms with Crippen molar-refractivity contribution in [3.63, 3.8) is 0 Å². The summed E-state index contributed by atoms with van der Waals surface area (Å²) >= 11 is 5.84. The molecule has 1 aliphatic heterocycles. The molecule has 0 atom stereocenters. The van der Waals surface area contributed by atoms with Crippen LogP contribution in [0.2, 0.25) is 5.02 Å². The smallest absolute Gasteiger partial charge is 0.299 e. The van der Waals surface area contributed by atoms with Crippen LogP contribution < -0.4 is 4.90 Å². The Balaban J connectivity index is 1.94. The molecule has 1 aromatic carbocycles. The van der Waals surface area contributed by atoms with Crippen LogP contribution in [0.4, 0.5) is 5.69 Å². The van der Waals surface area contributed by atoms with Crippen molar-refractivity contribution in [2.45, 2.75) is 0 Å². The van der Waals surface area contributed by atoms with Crippen LogP contribution in [0.25, 0.3) is 0 Å². The Hall–Kier alpha value is -2.40. The van der Waals surface area contributed by atoms with Crippen molar-refractivity contribution in [1.29, 1.82) is 0 Å². The predicted octanol–water partition coefficient (Wildman–Crippen LogP) is 2.09. The van der Waals surface area contributed by atoms with Crippen LogP contribution in [0.1, 0.15) is 20.8 Å². The zero-order valence-corrected chi connectivity index (χ0v) is 11.9. The summed E-state index contributed by atoms with van der Waals surface area (Å²) in [5.74, 6) is -1.56. The number of hydrogen-bond acceptors (Lipinski definition) is 3. The molecule has 1 amide bonds. The van der Waals surface area contributed by atoms with E-state index in [1.807, 2.05) is 0 Å². The summed E-state index contributed by atoms with van der Waals surface area (Å²) in [6, 6.07) is 8.04. The predicted molar refractivity (Wildman–Crippen MR) is 77.9 cm³/mol. The fourth-order valence-electron chi connectivity index (χ4n) is 2.41. The second-order valence-electron chi connectivity index (χ2n) is 4.81. The Morgan fingerprint density at radius 2 is 2.00 bits per heavy atom. The molecule has 2 heterocycles. The molecule has 5 nitrogen and oxygen atoms in total. The maximum absolute atomic E-state index is 12.3. The van der Waals surface area contributed by atoms with Crippen LogP contribution in [0, 0.1) is 0 Å². The van der Waals surface area contributed by atoms with Crippen molar-refractivity contribution in [3.05, 3.63) is 52.8 Å². The Morgan fingerprint density at radius 3 is 2.67 bits per heavy atom. The molecule has 2 aromatic rings. The van der Waals surface area contributed by atoms with Gasteiger partial charge in [0.25, 0.3) is 11.7 Å². The summed E-state index contributed by atoms with van der Waals surface area (Å²) in [6.07, 6.45) is 1.75. The number of aromatic nitrogens is 1. The monoisotopic (exact) mass is 302 g/mol. The average Bonchev–Trinajstić information content (AvgIpc) is 2.97. The highest BCUT2D eigenvalue weighted by atomic mass is 35.5. The maximum Gasteiger partial charge on any atom is 0.299 e. The first kappa shape index (κ1) is 13.6. The Kier molecular flexibility index (Phi) is 3.14. The third kappa shape index (κ3) is 2.15. The van der Waals surface area contributed by atoms with E-state index < -0.39 is 11.7 Å². The normalized spacial score (nSPS) is 13.7. The number of hydrogen-bond donors (Lipinski definition) is 0. The van der Waals surface area contributed by atoms with Crippen LogP contribution in [-0.2, 0) is 11.8 Å². The fraction of sp³-hybridized carbons (Fsp3) is 0.133. The Morgan fingerprint density at radius 1 is 1.24 bits per heavy atom. The molecule has 1 aromatic heterocycles. The quantitative estimate of drug-likeness (QED) is 0.644. The summed E-state index contributed by atoms with van der Waals surface area (Å²) in [6.45, 7) is -0.170. The number of carbonyl (C=O) groups is 3. The average molecular weight is 303 g/mol. The molecule has 21 heavy (non-hydrogen) atoms. The van der Waals surface area contributed by atoms with Gasteiger partial charge in [0.15, 0.2) is 5.78 Å². The third-order valence-corrected chi connectivity index (χ3v) is 3.70. The van der Waals surface area contributed by atoms with Gasteiger partial charge in [0.05, 0.1) is 23.5 Å². The van der Waals surface area contributed by atoms with Gasteiger partial charge in [-0.2, -0.15) is 0 Å². The number of halogens is 1. The number of nitrogens with zero attached hydrogens (tertiary/aromatic N) is 2. The molecule has 6 heteroatoms. The molecule has 0 aliphatic carbocycles. The number of aryl methyl sites for hydroxylation is 1. The van der Waals surface area contributed by atoms with E-state index in [9.17, 15) is 14.4 Å². The SMILES string of the molecule is Cn1cccc1C(=O)CN1C(=O)C(=O)c2cc(Cl)ccc21. The van der Waals surface area contributed by atoms with E-state index in [2.05, 4.69) is 0 Å². The summed E-state index contributed by atoms with van der Waals surface area (Å²) in [5.41, 5.74) is 1.15. The summed E-state index contributed by atoms with van der Waals surface area (Å²) in [7, 11) is 1.75. The fourth-order valence-corrected chi connectivity index (χ4v) is 2.58. The van der Waals surface area contributed by atoms with Gasteiger partial charge in [-0.3, -0.25) is 19.3 Å². The molecular formula is C15H11ClN2O3. The molecule has 0 bridgehead atoms. The number of anilines is 1. The number of ketones is 2. The minimum atomic E-state index is -0.699. The van der Waals surface area contributed by atoms with Crippen molar-refractivity contribution in [1.82, 2.24) is 4.57 Å². The topological polar surface area (TPSA) is 59.4 Å². The second kappa shape index (κ2) is 4.86. The largest absolute Gasteiger partial charge is 0.348 e. The van der Waals surface area contributed by atoms with Gasteiger partial charge in [-0.1, -0.05) is 11.6 Å². The third-order valence-electron chi connectivity index (χ3n) is 3.46. The maximum atomic E-state index is 12.3. The van der Waals surface area contributed by atoms with Crippen molar-refractivity contribution in [2.75, 3.05) is 11.4 Å². The first-order chi connectivity index (χ1) is 9.99. The van der Waals surface area contributed by atoms with Crippen molar-refractivity contribution >= 4 is 34.8 Å². The lowest BCUT2D eigenvalue weighted by molar-refractivity contribution is -0.114. The van der Waals surface area contributed by atoms with E-state index in [4.69, 9.17) is 11.6 Å². The summed E-state index contributed by atoms with van der Waals surface area (Å²) in [5, 5.41) is 0.380. The lowest BCUT2D eigenvalue weighted by atomic mass is 10.1. The molecule has 0 saturated heterocycles. The number of Topliss-reactive ketones (excluding diaryl/α,β-unsaturated/α-hetero) is 2. The lowest BCUT2D eigenvalue weighted by Gasteiger charge is -2.15. The van der Waals surface area contributed by atoms with Gasteiger partial charge >= 0.3 is 0 Å². The summed E-state index contributed by atoms with van der Waals surface area (Å²) < 4.78 is 1.67. The van der Waals surface area contributed by atoms with E-state index in [1.165, 1.54) is 11.0 Å². The number of fused-ring (bicyclic) bond motifs is 1. The summed E-state index contributed by atoms with van der Waals surface area (Å²) in [4.78, 5) is 37.4. The molecular weight excluding hydrogens is 292 g/mol. The number of rotatable bonds is 3. The molecule has 3 rings (SSSR count). The van der Waals surface area contributed by atoms with E-state index in [0.717, 1.165) is 0 Å². The molecule has 0 saturated carbocycles. The van der Waals surface area contributed by atoms with Gasteiger partial charge in [-0.15, -0.1) is 0 Å². The second-order valence-corrected chi connectivity index (χ2v) is 5.25. The van der Waals surface area contributed by atoms with Crippen molar-refractivity contribution in [3.8, 4) is 0 Å². The first-order valence-corrected chi connectivity index (χ1v) is 6.67. The Bertz CT molecular complexity index is 779. The van der Waals surface area contributed by atoms with Crippen LogP contribution in [0.5, 0.6) is 0 Å². The van der Waals surface area contributed by atoms with Gasteiger partial charge in [0.2, 0.25) is 0 Å². The molecule has 106 valence electrons. The molecule has 0 radical (unpaired) electrons. The zero-order chi connectivity index (χ0) is 15.1. The van der Waals surface area contributed by atoms with E-state index >= 15 is 0 Å². The van der Waals surface area contributed by atoms with Crippen LogP contribution in [-0.4, -0.2) is 28.6 Å². The minimum Gasteiger partial charge on any atom is -0.348 e. The van der Waals surface area contributed by atoms with Gasteiger partial charge in [-0.05, 0) is 30.3 Å².